The molecule has 5 heteroatoms. The van der Waals surface area contributed by atoms with Gasteiger partial charge in [0.05, 0.1) is 6.61 Å². The Kier molecular flexibility index (Phi) is 63.8. The second-order valence-corrected chi connectivity index (χ2v) is 22.5. The molecule has 0 radical (unpaired) electrons. The lowest BCUT2D eigenvalue weighted by Gasteiger charge is -2.15. The predicted molar refractivity (Wildman–Crippen MR) is 330 cm³/mol. The molecule has 1 N–H and O–H groups in total. The maximum Gasteiger partial charge on any atom is 0.306 e. The largest absolute Gasteiger partial charge is 0.462 e. The fraction of sp³-hybridized carbons (Fsp3) is 0.829. The van der Waals surface area contributed by atoms with E-state index >= 15 is 0 Å². The second-order valence-electron chi connectivity index (χ2n) is 22.5. The highest BCUT2D eigenvalue weighted by Gasteiger charge is 2.16. The molecule has 0 bridgehead atoms. The minimum absolute atomic E-state index is 0.0619. The summed E-state index contributed by atoms with van der Waals surface area (Å²) in [6.45, 7) is 4.08. The van der Waals surface area contributed by atoms with Gasteiger partial charge in [0, 0.05) is 12.8 Å². The summed E-state index contributed by atoms with van der Waals surface area (Å²) in [5, 5.41) is 9.69. The number of aliphatic hydroxyl groups excluding tert-OH is 1. The van der Waals surface area contributed by atoms with Gasteiger partial charge >= 0.3 is 11.9 Å². The van der Waals surface area contributed by atoms with Crippen molar-refractivity contribution in [2.45, 2.75) is 360 Å². The molecule has 0 saturated carbocycles. The van der Waals surface area contributed by atoms with Gasteiger partial charge in [-0.3, -0.25) is 9.59 Å². The van der Waals surface area contributed by atoms with Crippen LogP contribution < -0.4 is 0 Å². The van der Waals surface area contributed by atoms with E-state index in [1.165, 1.54) is 263 Å². The molecule has 0 rings (SSSR count). The van der Waals surface area contributed by atoms with Gasteiger partial charge in [-0.2, -0.15) is 0 Å². The van der Waals surface area contributed by atoms with Gasteiger partial charge in [0.1, 0.15) is 6.61 Å². The number of carbonyl (C=O) groups excluding carboxylic acids is 2. The summed E-state index contributed by atoms with van der Waals surface area (Å²) in [5.74, 6) is -0.572. The zero-order valence-electron chi connectivity index (χ0n) is 50.3. The van der Waals surface area contributed by atoms with E-state index in [0.29, 0.717) is 12.8 Å². The fourth-order valence-corrected chi connectivity index (χ4v) is 10.1. The van der Waals surface area contributed by atoms with E-state index in [1.807, 2.05) is 0 Å². The molecule has 1 unspecified atom stereocenters. The molecule has 0 fully saturated rings. The molecule has 438 valence electrons. The van der Waals surface area contributed by atoms with E-state index in [9.17, 15) is 14.7 Å². The number of ether oxygens (including phenoxy) is 2. The average molecular weight is 1050 g/mol. The number of carbonyl (C=O) groups is 2. The van der Waals surface area contributed by atoms with Gasteiger partial charge in [0.15, 0.2) is 6.10 Å². The van der Waals surface area contributed by atoms with Crippen molar-refractivity contribution in [3.05, 3.63) is 60.8 Å². The topological polar surface area (TPSA) is 72.8 Å². The molecule has 0 spiro atoms. The Morgan fingerprint density at radius 3 is 0.867 bits per heavy atom. The molecule has 0 aliphatic carbocycles. The van der Waals surface area contributed by atoms with Crippen molar-refractivity contribution in [3.8, 4) is 0 Å². The number of hydrogen-bond acceptors (Lipinski definition) is 5. The normalized spacial score (nSPS) is 12.5. The van der Waals surface area contributed by atoms with E-state index in [-0.39, 0.29) is 25.2 Å². The molecule has 0 aliphatic rings. The Morgan fingerprint density at radius 1 is 0.320 bits per heavy atom. The molecule has 0 amide bonds. The van der Waals surface area contributed by atoms with E-state index < -0.39 is 6.10 Å². The number of allylic oxidation sites excluding steroid dienone is 10. The summed E-state index contributed by atoms with van der Waals surface area (Å²) in [7, 11) is 0. The average Bonchev–Trinajstić information content (AvgIpc) is 3.41. The minimum Gasteiger partial charge on any atom is -0.462 e. The second kappa shape index (κ2) is 65.9. The van der Waals surface area contributed by atoms with Gasteiger partial charge in [-0.05, 0) is 57.8 Å². The van der Waals surface area contributed by atoms with Crippen molar-refractivity contribution in [1.82, 2.24) is 0 Å². The number of unbranched alkanes of at least 4 members (excludes halogenated alkanes) is 44. The van der Waals surface area contributed by atoms with Crippen LogP contribution in [0.5, 0.6) is 0 Å². The third kappa shape index (κ3) is 64.0. The maximum atomic E-state index is 12.4. The van der Waals surface area contributed by atoms with Crippen molar-refractivity contribution in [2.24, 2.45) is 0 Å². The summed E-state index contributed by atoms with van der Waals surface area (Å²) >= 11 is 0. The maximum absolute atomic E-state index is 12.4. The first-order valence-electron chi connectivity index (χ1n) is 33.3. The van der Waals surface area contributed by atoms with Gasteiger partial charge in [-0.1, -0.05) is 344 Å². The van der Waals surface area contributed by atoms with Gasteiger partial charge in [-0.15, -0.1) is 0 Å². The van der Waals surface area contributed by atoms with Crippen LogP contribution >= 0.6 is 0 Å². The monoisotopic (exact) mass is 1050 g/mol. The van der Waals surface area contributed by atoms with E-state index in [4.69, 9.17) is 9.47 Å². The van der Waals surface area contributed by atoms with Crippen molar-refractivity contribution >= 4 is 11.9 Å². The van der Waals surface area contributed by atoms with Gasteiger partial charge in [-0.25, -0.2) is 0 Å². The van der Waals surface area contributed by atoms with Crippen LogP contribution in [0.25, 0.3) is 0 Å². The minimum atomic E-state index is -0.773. The Bertz CT molecular complexity index is 1280. The first-order valence-corrected chi connectivity index (χ1v) is 33.3. The van der Waals surface area contributed by atoms with Crippen LogP contribution in [0.15, 0.2) is 60.8 Å². The summed E-state index contributed by atoms with van der Waals surface area (Å²) < 4.78 is 10.8. The van der Waals surface area contributed by atoms with Crippen molar-refractivity contribution in [1.29, 1.82) is 0 Å². The summed E-state index contributed by atoms with van der Waals surface area (Å²) in [5.41, 5.74) is 0. The molecular weight excluding hydrogens is 921 g/mol. The zero-order valence-corrected chi connectivity index (χ0v) is 50.3. The van der Waals surface area contributed by atoms with Gasteiger partial charge in [0.2, 0.25) is 0 Å². The highest BCUT2D eigenvalue weighted by molar-refractivity contribution is 5.70. The SMILES string of the molecule is CC/C=C\C/C=C\C/C=C\C/C=C\C/C=C\CCCCCCCCCCCCCCCCCC(=O)OC(CO)COC(=O)CCCCCCCCCCCCCCCCCCCCCCCCCCCCCCCC. The molecule has 0 heterocycles. The predicted octanol–water partition coefficient (Wildman–Crippen LogP) is 22.9. The molecule has 0 aromatic carbocycles. The molecule has 0 saturated heterocycles. The summed E-state index contributed by atoms with van der Waals surface area (Å²) in [4.78, 5) is 24.6. The van der Waals surface area contributed by atoms with E-state index in [1.54, 1.807) is 0 Å². The van der Waals surface area contributed by atoms with Crippen molar-refractivity contribution in [2.75, 3.05) is 13.2 Å². The summed E-state index contributed by atoms with van der Waals surface area (Å²) in [6, 6.07) is 0. The van der Waals surface area contributed by atoms with Crippen LogP contribution in [0.4, 0.5) is 0 Å². The van der Waals surface area contributed by atoms with Crippen LogP contribution in [-0.2, 0) is 19.1 Å². The van der Waals surface area contributed by atoms with Crippen LogP contribution in [0, 0.1) is 0 Å². The molecule has 0 aliphatic heterocycles. The Hall–Kier alpha value is -2.40. The quantitative estimate of drug-likeness (QED) is 0.0373. The van der Waals surface area contributed by atoms with Crippen LogP contribution in [0.1, 0.15) is 354 Å². The highest BCUT2D eigenvalue weighted by atomic mass is 16.6. The van der Waals surface area contributed by atoms with Crippen LogP contribution in [0.3, 0.4) is 0 Å². The zero-order chi connectivity index (χ0) is 54.1. The lowest BCUT2D eigenvalue weighted by Crippen LogP contribution is -2.28. The molecule has 1 atom stereocenters. The molecule has 75 heavy (non-hydrogen) atoms. The molecule has 0 aromatic rings. The third-order valence-electron chi connectivity index (χ3n) is 15.1. The Labute approximate surface area is 468 Å². The Balaban J connectivity index is 3.42. The van der Waals surface area contributed by atoms with E-state index in [0.717, 1.165) is 64.2 Å². The van der Waals surface area contributed by atoms with Gasteiger partial charge in [0.25, 0.3) is 0 Å². The first-order chi connectivity index (χ1) is 37.1. The van der Waals surface area contributed by atoms with Crippen LogP contribution in [0.2, 0.25) is 0 Å². The molecule has 0 aromatic heterocycles. The number of esters is 2. The molecule has 5 nitrogen and oxygen atoms in total. The van der Waals surface area contributed by atoms with Crippen molar-refractivity contribution < 1.29 is 24.2 Å². The number of aliphatic hydroxyl groups is 1. The number of hydrogen-bond donors (Lipinski definition) is 1. The first kappa shape index (κ1) is 72.6. The molecular formula is C70H128O5. The highest BCUT2D eigenvalue weighted by Crippen LogP contribution is 2.18. The summed E-state index contributed by atoms with van der Waals surface area (Å²) in [6.07, 6.45) is 89.6. The standard InChI is InChI=1S/C70H128O5/c1-3-5-7-9-11-13-15-17-19-21-23-25-27-29-31-33-35-37-39-41-43-45-47-49-51-53-55-57-59-61-63-65-70(73)75-68(66-71)67-74-69(72)64-62-60-58-56-54-52-50-48-46-44-42-40-38-36-34-32-30-28-26-24-22-20-18-16-14-12-10-8-6-4-2/h5,7,11,13,17,19,23,25,29,31,68,71H,3-4,6,8-10,12,14-16,18,20-22,24,26-28,30,32-67H2,1-2H3/b7-5-,13-11-,19-17-,25-23-,31-29-. The lowest BCUT2D eigenvalue weighted by molar-refractivity contribution is -0.161. The van der Waals surface area contributed by atoms with Gasteiger partial charge < -0.3 is 14.6 Å². The van der Waals surface area contributed by atoms with Crippen molar-refractivity contribution in [3.63, 3.8) is 0 Å². The smallest absolute Gasteiger partial charge is 0.306 e. The lowest BCUT2D eigenvalue weighted by atomic mass is 10.0. The number of rotatable bonds is 62. The van der Waals surface area contributed by atoms with E-state index in [2.05, 4.69) is 74.6 Å². The third-order valence-corrected chi connectivity index (χ3v) is 15.1. The Morgan fingerprint density at radius 2 is 0.573 bits per heavy atom. The fourth-order valence-electron chi connectivity index (χ4n) is 10.1. The van der Waals surface area contributed by atoms with Crippen LogP contribution in [-0.4, -0.2) is 36.4 Å².